The molecule has 0 aliphatic heterocycles. The lowest BCUT2D eigenvalue weighted by Gasteiger charge is -1.99. The summed E-state index contributed by atoms with van der Waals surface area (Å²) in [5, 5.41) is 12.6. The van der Waals surface area contributed by atoms with Crippen molar-refractivity contribution >= 4 is 17.8 Å². The van der Waals surface area contributed by atoms with E-state index in [-0.39, 0.29) is 12.5 Å². The summed E-state index contributed by atoms with van der Waals surface area (Å²) < 4.78 is 0. The van der Waals surface area contributed by atoms with Crippen molar-refractivity contribution in [2.75, 3.05) is 13.6 Å². The molecule has 0 aromatic rings. The van der Waals surface area contributed by atoms with Gasteiger partial charge in [-0.05, 0) is 0 Å². The number of hydrogen-bond donors (Lipinski definition) is 3. The standard InChI is InChI=1S/C7H10N2O4/c1-8-6(11)4-9-5(10)2-3-7(12)13/h2-3H,4H2,1H3,(H,8,11)(H,9,10)(H,12,13)/b3-2+. The monoisotopic (exact) mass is 186 g/mol. The van der Waals surface area contributed by atoms with E-state index in [2.05, 4.69) is 10.6 Å². The topological polar surface area (TPSA) is 95.5 Å². The first-order valence-corrected chi connectivity index (χ1v) is 3.45. The van der Waals surface area contributed by atoms with E-state index in [1.165, 1.54) is 7.05 Å². The van der Waals surface area contributed by atoms with Crippen molar-refractivity contribution in [3.63, 3.8) is 0 Å². The Morgan fingerprint density at radius 3 is 2.38 bits per heavy atom. The van der Waals surface area contributed by atoms with Gasteiger partial charge in [0.15, 0.2) is 0 Å². The third-order valence-corrected chi connectivity index (χ3v) is 1.08. The normalized spacial score (nSPS) is 9.62. The van der Waals surface area contributed by atoms with Gasteiger partial charge in [0.05, 0.1) is 6.54 Å². The summed E-state index contributed by atoms with van der Waals surface area (Å²) in [4.78, 5) is 31.3. The maximum absolute atomic E-state index is 10.7. The molecule has 0 aliphatic rings. The number of likely N-dealkylation sites (N-methyl/N-ethyl adjacent to an activating group) is 1. The van der Waals surface area contributed by atoms with Crippen LogP contribution in [0.4, 0.5) is 0 Å². The molecule has 2 amide bonds. The van der Waals surface area contributed by atoms with Gasteiger partial charge in [0.25, 0.3) is 0 Å². The molecule has 6 heteroatoms. The Balaban J connectivity index is 3.76. The third-order valence-electron chi connectivity index (χ3n) is 1.08. The first-order valence-electron chi connectivity index (χ1n) is 3.45. The molecule has 0 aromatic carbocycles. The summed E-state index contributed by atoms with van der Waals surface area (Å²) in [7, 11) is 1.43. The summed E-state index contributed by atoms with van der Waals surface area (Å²) in [6.07, 6.45) is 1.53. The van der Waals surface area contributed by atoms with Crippen molar-refractivity contribution in [3.05, 3.63) is 12.2 Å². The lowest BCUT2D eigenvalue weighted by molar-refractivity contribution is -0.131. The first kappa shape index (κ1) is 11.2. The highest BCUT2D eigenvalue weighted by atomic mass is 16.4. The van der Waals surface area contributed by atoms with E-state index in [4.69, 9.17) is 5.11 Å². The van der Waals surface area contributed by atoms with Crippen LogP contribution < -0.4 is 10.6 Å². The van der Waals surface area contributed by atoms with Crippen molar-refractivity contribution < 1.29 is 19.5 Å². The van der Waals surface area contributed by atoms with Crippen LogP contribution in [0.1, 0.15) is 0 Å². The first-order chi connectivity index (χ1) is 6.06. The molecule has 6 nitrogen and oxygen atoms in total. The Hall–Kier alpha value is -1.85. The highest BCUT2D eigenvalue weighted by Gasteiger charge is 1.99. The number of aliphatic carboxylic acids is 1. The number of amides is 2. The molecule has 72 valence electrons. The van der Waals surface area contributed by atoms with E-state index in [9.17, 15) is 14.4 Å². The summed E-state index contributed by atoms with van der Waals surface area (Å²) >= 11 is 0. The molecule has 0 atom stereocenters. The molecule has 0 radical (unpaired) electrons. The molecule has 0 aromatic heterocycles. The number of carboxylic acids is 1. The van der Waals surface area contributed by atoms with Gasteiger partial charge < -0.3 is 15.7 Å². The second-order valence-electron chi connectivity index (χ2n) is 2.06. The molecule has 0 spiro atoms. The van der Waals surface area contributed by atoms with Crippen molar-refractivity contribution in [3.8, 4) is 0 Å². The Kier molecular flexibility index (Phi) is 4.94. The van der Waals surface area contributed by atoms with Crippen LogP contribution in [-0.4, -0.2) is 36.5 Å². The maximum Gasteiger partial charge on any atom is 0.328 e. The number of carbonyl (C=O) groups excluding carboxylic acids is 2. The zero-order valence-electron chi connectivity index (χ0n) is 7.03. The molecule has 3 N–H and O–H groups in total. The number of carboxylic acid groups (broad SMARTS) is 1. The highest BCUT2D eigenvalue weighted by Crippen LogP contribution is 1.73. The van der Waals surface area contributed by atoms with Gasteiger partial charge in [-0.3, -0.25) is 9.59 Å². The third kappa shape index (κ3) is 6.54. The second kappa shape index (κ2) is 5.76. The van der Waals surface area contributed by atoms with Gasteiger partial charge in [0.2, 0.25) is 11.8 Å². The quantitative estimate of drug-likeness (QED) is 0.465. The Bertz CT molecular complexity index is 247. The predicted molar refractivity (Wildman–Crippen MR) is 43.9 cm³/mol. The van der Waals surface area contributed by atoms with Crippen molar-refractivity contribution in [1.29, 1.82) is 0 Å². The van der Waals surface area contributed by atoms with Gasteiger partial charge in [-0.2, -0.15) is 0 Å². The fourth-order valence-corrected chi connectivity index (χ4v) is 0.462. The Morgan fingerprint density at radius 1 is 1.31 bits per heavy atom. The summed E-state index contributed by atoms with van der Waals surface area (Å²) in [5.41, 5.74) is 0. The zero-order valence-corrected chi connectivity index (χ0v) is 7.03. The van der Waals surface area contributed by atoms with E-state index < -0.39 is 11.9 Å². The van der Waals surface area contributed by atoms with Crippen LogP contribution in [0.5, 0.6) is 0 Å². The van der Waals surface area contributed by atoms with Crippen molar-refractivity contribution in [1.82, 2.24) is 10.6 Å². The van der Waals surface area contributed by atoms with Gasteiger partial charge in [-0.15, -0.1) is 0 Å². The molecule has 0 fully saturated rings. The molecule has 0 saturated heterocycles. The predicted octanol–water partition coefficient (Wildman–Crippen LogP) is -1.51. The van der Waals surface area contributed by atoms with Gasteiger partial charge in [0.1, 0.15) is 0 Å². The average molecular weight is 186 g/mol. The smallest absolute Gasteiger partial charge is 0.328 e. The Morgan fingerprint density at radius 2 is 1.92 bits per heavy atom. The second-order valence-corrected chi connectivity index (χ2v) is 2.06. The fourth-order valence-electron chi connectivity index (χ4n) is 0.462. The number of nitrogens with one attached hydrogen (secondary N) is 2. The van der Waals surface area contributed by atoms with Crippen LogP contribution in [0.25, 0.3) is 0 Å². The SMILES string of the molecule is CNC(=O)CNC(=O)/C=C/C(=O)O. The van der Waals surface area contributed by atoms with Crippen molar-refractivity contribution in [2.45, 2.75) is 0 Å². The molecule has 0 bridgehead atoms. The van der Waals surface area contributed by atoms with Gasteiger partial charge in [0, 0.05) is 19.2 Å². The van der Waals surface area contributed by atoms with Crippen LogP contribution in [0.3, 0.4) is 0 Å². The lowest BCUT2D eigenvalue weighted by atomic mass is 10.4. The molecule has 0 heterocycles. The fraction of sp³-hybridized carbons (Fsp3) is 0.286. The van der Waals surface area contributed by atoms with Gasteiger partial charge in [-0.25, -0.2) is 4.79 Å². The van der Waals surface area contributed by atoms with Gasteiger partial charge >= 0.3 is 5.97 Å². The zero-order chi connectivity index (χ0) is 10.3. The van der Waals surface area contributed by atoms with Crippen LogP contribution in [0, 0.1) is 0 Å². The Labute approximate surface area is 74.6 Å². The minimum Gasteiger partial charge on any atom is -0.478 e. The molecule has 0 unspecified atom stereocenters. The minimum atomic E-state index is -1.21. The lowest BCUT2D eigenvalue weighted by Crippen LogP contribution is -2.34. The average Bonchev–Trinajstić information content (AvgIpc) is 2.10. The van der Waals surface area contributed by atoms with E-state index in [0.29, 0.717) is 6.08 Å². The molecule has 13 heavy (non-hydrogen) atoms. The number of rotatable bonds is 4. The molecule has 0 saturated carbocycles. The van der Waals surface area contributed by atoms with E-state index >= 15 is 0 Å². The van der Waals surface area contributed by atoms with Crippen LogP contribution in [-0.2, 0) is 14.4 Å². The highest BCUT2D eigenvalue weighted by molar-refractivity contribution is 5.95. The largest absolute Gasteiger partial charge is 0.478 e. The van der Waals surface area contributed by atoms with Crippen LogP contribution in [0.15, 0.2) is 12.2 Å². The molecular weight excluding hydrogens is 176 g/mol. The number of carbonyl (C=O) groups is 3. The molecule has 0 aliphatic carbocycles. The van der Waals surface area contributed by atoms with E-state index in [1.807, 2.05) is 0 Å². The molecule has 0 rings (SSSR count). The maximum atomic E-state index is 10.7. The van der Waals surface area contributed by atoms with E-state index in [0.717, 1.165) is 6.08 Å². The van der Waals surface area contributed by atoms with Crippen LogP contribution >= 0.6 is 0 Å². The van der Waals surface area contributed by atoms with Crippen LogP contribution in [0.2, 0.25) is 0 Å². The van der Waals surface area contributed by atoms with Gasteiger partial charge in [-0.1, -0.05) is 0 Å². The van der Waals surface area contributed by atoms with Crippen molar-refractivity contribution in [2.24, 2.45) is 0 Å². The summed E-state index contributed by atoms with van der Waals surface area (Å²) in [6.45, 7) is -0.167. The summed E-state index contributed by atoms with van der Waals surface area (Å²) in [6, 6.07) is 0. The van der Waals surface area contributed by atoms with E-state index in [1.54, 1.807) is 0 Å². The summed E-state index contributed by atoms with van der Waals surface area (Å²) in [5.74, 6) is -2.18. The minimum absolute atomic E-state index is 0.167. The number of hydrogen-bond acceptors (Lipinski definition) is 3. The molecular formula is C7H10N2O4.